The first-order chi connectivity index (χ1) is 19.0. The Balaban J connectivity index is 1.64. The number of methoxy groups -OCH3 is 1. The molecule has 40 heavy (non-hydrogen) atoms. The molecule has 1 saturated heterocycles. The van der Waals surface area contributed by atoms with Crippen LogP contribution in [0.3, 0.4) is 0 Å². The second kappa shape index (κ2) is 10.7. The SMILES string of the molecule is COC1CCN(C(=O)c2ccc3c(C4=CCC(C(=O)O)CC4)nn(C(=O)c4c(Cl)cccc4C(F)(F)F)c3c2)C1. The van der Waals surface area contributed by atoms with Gasteiger partial charge in [0.25, 0.3) is 11.8 Å². The first kappa shape index (κ1) is 27.9. The van der Waals surface area contributed by atoms with Gasteiger partial charge in [-0.25, -0.2) is 0 Å². The summed E-state index contributed by atoms with van der Waals surface area (Å²) in [5.41, 5.74) is -0.564. The maximum atomic E-state index is 13.9. The molecule has 1 N–H and O–H groups in total. The number of benzene rings is 2. The minimum Gasteiger partial charge on any atom is -0.481 e. The molecule has 0 radical (unpaired) electrons. The first-order valence-electron chi connectivity index (χ1n) is 12.7. The number of halogens is 4. The molecule has 2 aromatic carbocycles. The van der Waals surface area contributed by atoms with Gasteiger partial charge in [0.1, 0.15) is 0 Å². The van der Waals surface area contributed by atoms with Gasteiger partial charge in [-0.3, -0.25) is 14.4 Å². The van der Waals surface area contributed by atoms with E-state index in [1.807, 2.05) is 0 Å². The molecule has 0 bridgehead atoms. The summed E-state index contributed by atoms with van der Waals surface area (Å²) in [4.78, 5) is 40.0. The van der Waals surface area contributed by atoms with Crippen LogP contribution in [-0.2, 0) is 15.7 Å². The second-order valence-electron chi connectivity index (χ2n) is 9.89. The number of hydrogen-bond donors (Lipinski definition) is 1. The smallest absolute Gasteiger partial charge is 0.417 e. The minimum atomic E-state index is -4.85. The van der Waals surface area contributed by atoms with Crippen LogP contribution in [0.25, 0.3) is 16.5 Å². The molecule has 0 saturated carbocycles. The summed E-state index contributed by atoms with van der Waals surface area (Å²) in [6.45, 7) is 0.869. The Hall–Kier alpha value is -3.70. The number of carboxylic acids is 1. The molecule has 8 nitrogen and oxygen atoms in total. The van der Waals surface area contributed by atoms with E-state index in [-0.39, 0.29) is 34.5 Å². The fourth-order valence-electron chi connectivity index (χ4n) is 5.28. The van der Waals surface area contributed by atoms with Crippen LogP contribution in [0.2, 0.25) is 5.02 Å². The Morgan fingerprint density at radius 1 is 1.12 bits per heavy atom. The van der Waals surface area contributed by atoms with Crippen LogP contribution in [0.4, 0.5) is 13.2 Å². The molecule has 2 unspecified atom stereocenters. The van der Waals surface area contributed by atoms with E-state index in [2.05, 4.69) is 5.10 Å². The number of fused-ring (bicyclic) bond motifs is 1. The number of hydrogen-bond acceptors (Lipinski definition) is 5. The molecule has 2 atom stereocenters. The van der Waals surface area contributed by atoms with E-state index < -0.39 is 35.1 Å². The van der Waals surface area contributed by atoms with Gasteiger partial charge in [-0.05, 0) is 61.6 Å². The molecule has 0 spiro atoms. The Morgan fingerprint density at radius 2 is 1.90 bits per heavy atom. The van der Waals surface area contributed by atoms with Gasteiger partial charge >= 0.3 is 12.1 Å². The number of aliphatic carboxylic acids is 1. The van der Waals surface area contributed by atoms with Crippen LogP contribution in [0, 0.1) is 5.92 Å². The van der Waals surface area contributed by atoms with Crippen LogP contribution >= 0.6 is 11.6 Å². The Kier molecular flexibility index (Phi) is 7.45. The van der Waals surface area contributed by atoms with Crippen molar-refractivity contribution < 1.29 is 37.4 Å². The number of amides is 1. The summed E-state index contributed by atoms with van der Waals surface area (Å²) in [7, 11) is 1.57. The number of allylic oxidation sites excluding steroid dienone is 2. The summed E-state index contributed by atoms with van der Waals surface area (Å²) >= 11 is 6.13. The van der Waals surface area contributed by atoms with Gasteiger partial charge < -0.3 is 14.7 Å². The number of carbonyl (C=O) groups is 3. The summed E-state index contributed by atoms with van der Waals surface area (Å²) in [5.74, 6) is -2.88. The van der Waals surface area contributed by atoms with Gasteiger partial charge in [-0.1, -0.05) is 23.7 Å². The predicted octanol–water partition coefficient (Wildman–Crippen LogP) is 5.53. The Labute approximate surface area is 232 Å². The Morgan fingerprint density at radius 3 is 2.52 bits per heavy atom. The predicted molar refractivity (Wildman–Crippen MR) is 140 cm³/mol. The number of carboxylic acid groups (broad SMARTS) is 1. The average Bonchev–Trinajstić information content (AvgIpc) is 3.56. The molecule has 2 aliphatic rings. The highest BCUT2D eigenvalue weighted by Gasteiger charge is 2.38. The lowest BCUT2D eigenvalue weighted by Gasteiger charge is -2.17. The highest BCUT2D eigenvalue weighted by atomic mass is 35.5. The van der Waals surface area contributed by atoms with E-state index in [1.54, 1.807) is 30.2 Å². The topological polar surface area (TPSA) is 102 Å². The molecule has 1 aliphatic heterocycles. The number of carbonyl (C=O) groups excluding carboxylic acids is 2. The van der Waals surface area contributed by atoms with Crippen LogP contribution in [-0.4, -0.2) is 63.9 Å². The van der Waals surface area contributed by atoms with Crippen LogP contribution in [0.5, 0.6) is 0 Å². The maximum Gasteiger partial charge on any atom is 0.417 e. The zero-order valence-corrected chi connectivity index (χ0v) is 22.1. The zero-order valence-electron chi connectivity index (χ0n) is 21.4. The van der Waals surface area contributed by atoms with E-state index in [4.69, 9.17) is 16.3 Å². The normalized spacial score (nSPS) is 19.6. The molecule has 1 fully saturated rings. The fraction of sp³-hybridized carbons (Fsp3) is 0.357. The number of alkyl halides is 3. The van der Waals surface area contributed by atoms with E-state index in [0.717, 1.165) is 16.8 Å². The molecule has 2 heterocycles. The molecular formula is C28H25ClF3N3O5. The van der Waals surface area contributed by atoms with Crippen molar-refractivity contribution in [2.45, 2.75) is 38.0 Å². The van der Waals surface area contributed by atoms with Crippen molar-refractivity contribution in [3.8, 4) is 0 Å². The molecule has 5 rings (SSSR count). The lowest BCUT2D eigenvalue weighted by Crippen LogP contribution is -2.30. The average molecular weight is 576 g/mol. The van der Waals surface area contributed by atoms with Crippen LogP contribution in [0.15, 0.2) is 42.5 Å². The van der Waals surface area contributed by atoms with Crippen LogP contribution in [0.1, 0.15) is 57.7 Å². The molecule has 1 aromatic heterocycles. The third-order valence-corrected chi connectivity index (χ3v) is 7.80. The highest BCUT2D eigenvalue weighted by molar-refractivity contribution is 6.34. The molecule has 1 aliphatic carbocycles. The van der Waals surface area contributed by atoms with Crippen molar-refractivity contribution in [3.05, 3.63) is 69.9 Å². The number of ether oxygens (including phenoxy) is 1. The maximum absolute atomic E-state index is 13.9. The van der Waals surface area contributed by atoms with Crippen molar-refractivity contribution >= 4 is 45.9 Å². The van der Waals surface area contributed by atoms with Gasteiger partial charge in [0.2, 0.25) is 0 Å². The molecule has 12 heteroatoms. The quantitative estimate of drug-likeness (QED) is 0.429. The monoisotopic (exact) mass is 575 g/mol. The Bertz CT molecular complexity index is 1550. The van der Waals surface area contributed by atoms with Gasteiger partial charge in [-0.15, -0.1) is 0 Å². The van der Waals surface area contributed by atoms with Gasteiger partial charge in [-0.2, -0.15) is 23.0 Å². The highest BCUT2D eigenvalue weighted by Crippen LogP contribution is 2.38. The third kappa shape index (κ3) is 5.11. The van der Waals surface area contributed by atoms with E-state index >= 15 is 0 Å². The lowest BCUT2D eigenvalue weighted by atomic mass is 9.87. The molecular weight excluding hydrogens is 551 g/mol. The van der Waals surface area contributed by atoms with E-state index in [9.17, 15) is 32.7 Å². The lowest BCUT2D eigenvalue weighted by molar-refractivity contribution is -0.142. The van der Waals surface area contributed by atoms with Gasteiger partial charge in [0.15, 0.2) is 0 Å². The largest absolute Gasteiger partial charge is 0.481 e. The zero-order chi connectivity index (χ0) is 28.8. The number of likely N-dealkylation sites (tertiary alicyclic amines) is 1. The van der Waals surface area contributed by atoms with Crippen molar-refractivity contribution in [2.24, 2.45) is 5.92 Å². The van der Waals surface area contributed by atoms with Crippen molar-refractivity contribution in [3.63, 3.8) is 0 Å². The van der Waals surface area contributed by atoms with Crippen molar-refractivity contribution in [1.82, 2.24) is 14.7 Å². The number of nitrogens with zero attached hydrogens (tertiary/aromatic N) is 3. The van der Waals surface area contributed by atoms with Crippen molar-refractivity contribution in [2.75, 3.05) is 20.2 Å². The minimum absolute atomic E-state index is 0.0970. The van der Waals surface area contributed by atoms with E-state index in [1.165, 1.54) is 12.1 Å². The first-order valence-corrected chi connectivity index (χ1v) is 13.0. The van der Waals surface area contributed by atoms with E-state index in [0.29, 0.717) is 49.0 Å². The number of rotatable bonds is 5. The summed E-state index contributed by atoms with van der Waals surface area (Å²) in [6, 6.07) is 7.72. The fourth-order valence-corrected chi connectivity index (χ4v) is 5.54. The summed E-state index contributed by atoms with van der Waals surface area (Å²) < 4.78 is 47.8. The second-order valence-corrected chi connectivity index (χ2v) is 10.3. The summed E-state index contributed by atoms with van der Waals surface area (Å²) in [5, 5.41) is 13.8. The molecule has 3 aromatic rings. The standard InChI is InChI=1S/C28H25ClF3N3O5/c1-40-18-11-12-34(14-18)25(36)17-9-10-19-22(13-17)35(33-24(19)15-5-7-16(8-6-15)27(38)39)26(37)23-20(28(30,31)32)3-2-4-21(23)29/h2-5,9-10,13,16,18H,6-8,11-12,14H2,1H3,(H,38,39). The van der Waals surface area contributed by atoms with Crippen molar-refractivity contribution in [1.29, 1.82) is 0 Å². The number of aromatic nitrogens is 2. The van der Waals surface area contributed by atoms with Crippen LogP contribution < -0.4 is 0 Å². The molecule has 1 amide bonds. The summed E-state index contributed by atoms with van der Waals surface area (Å²) in [6.07, 6.45) is -1.61. The van der Waals surface area contributed by atoms with Gasteiger partial charge in [0, 0.05) is 31.1 Å². The third-order valence-electron chi connectivity index (χ3n) is 7.48. The van der Waals surface area contributed by atoms with Gasteiger partial charge in [0.05, 0.1) is 39.4 Å². The molecule has 210 valence electrons.